The Bertz CT molecular complexity index is 585. The van der Waals surface area contributed by atoms with Gasteiger partial charge in [0, 0.05) is 38.1 Å². The van der Waals surface area contributed by atoms with Crippen LogP contribution in [0.2, 0.25) is 0 Å². The number of likely N-dealkylation sites (tertiary alicyclic amines) is 2. The largest absolute Gasteiger partial charge is 0.493 e. The monoisotopic (exact) mass is 345 g/mol. The van der Waals surface area contributed by atoms with Crippen LogP contribution < -0.4 is 10.5 Å². The van der Waals surface area contributed by atoms with Crippen LogP contribution in [0.3, 0.4) is 0 Å². The maximum absolute atomic E-state index is 12.5. The minimum Gasteiger partial charge on any atom is -0.493 e. The van der Waals surface area contributed by atoms with Crippen molar-refractivity contribution in [2.75, 3.05) is 32.8 Å². The van der Waals surface area contributed by atoms with Crippen LogP contribution in [0.15, 0.2) is 30.3 Å². The molecule has 3 rings (SSSR count). The third-order valence-corrected chi connectivity index (χ3v) is 5.06. The summed E-state index contributed by atoms with van der Waals surface area (Å²) in [7, 11) is 0. The molecule has 2 fully saturated rings. The van der Waals surface area contributed by atoms with Crippen molar-refractivity contribution in [1.29, 1.82) is 0 Å². The van der Waals surface area contributed by atoms with Crippen molar-refractivity contribution in [1.82, 2.24) is 9.80 Å². The summed E-state index contributed by atoms with van der Waals surface area (Å²) in [5.74, 6) is 1.14. The lowest BCUT2D eigenvalue weighted by Gasteiger charge is -2.33. The van der Waals surface area contributed by atoms with Crippen LogP contribution in [0.4, 0.5) is 0 Å². The average Bonchev–Trinajstić information content (AvgIpc) is 3.08. The Morgan fingerprint density at radius 2 is 1.72 bits per heavy atom. The molecule has 25 heavy (non-hydrogen) atoms. The van der Waals surface area contributed by atoms with Gasteiger partial charge in [0.2, 0.25) is 11.8 Å². The molecular weight excluding hydrogens is 318 g/mol. The summed E-state index contributed by atoms with van der Waals surface area (Å²) in [6.07, 6.45) is 2.75. The van der Waals surface area contributed by atoms with Gasteiger partial charge in [-0.1, -0.05) is 18.2 Å². The maximum atomic E-state index is 12.5. The lowest BCUT2D eigenvalue weighted by molar-refractivity contribution is -0.140. The topological polar surface area (TPSA) is 75.9 Å². The van der Waals surface area contributed by atoms with E-state index in [0.29, 0.717) is 32.7 Å². The molecule has 1 atom stereocenters. The Labute approximate surface area is 148 Å². The molecule has 0 unspecified atom stereocenters. The molecule has 6 heteroatoms. The Morgan fingerprint density at radius 1 is 1.04 bits per heavy atom. The number of para-hydroxylation sites is 1. The predicted molar refractivity (Wildman–Crippen MR) is 95.0 cm³/mol. The van der Waals surface area contributed by atoms with Crippen molar-refractivity contribution in [3.05, 3.63) is 30.3 Å². The summed E-state index contributed by atoms with van der Waals surface area (Å²) < 4.78 is 5.58. The molecule has 2 heterocycles. The number of ether oxygens (including phenoxy) is 1. The number of hydrogen-bond acceptors (Lipinski definition) is 4. The van der Waals surface area contributed by atoms with Crippen molar-refractivity contribution >= 4 is 11.8 Å². The van der Waals surface area contributed by atoms with Crippen molar-refractivity contribution < 1.29 is 14.3 Å². The Kier molecular flexibility index (Phi) is 5.91. The first kappa shape index (κ1) is 17.7. The van der Waals surface area contributed by atoms with Gasteiger partial charge >= 0.3 is 0 Å². The van der Waals surface area contributed by atoms with Crippen LogP contribution in [0.1, 0.15) is 25.7 Å². The van der Waals surface area contributed by atoms with Crippen LogP contribution in [0.5, 0.6) is 5.75 Å². The molecule has 0 radical (unpaired) electrons. The van der Waals surface area contributed by atoms with Gasteiger partial charge < -0.3 is 20.3 Å². The zero-order valence-corrected chi connectivity index (χ0v) is 14.6. The van der Waals surface area contributed by atoms with Gasteiger partial charge in [0.1, 0.15) is 5.75 Å². The van der Waals surface area contributed by atoms with E-state index in [1.807, 2.05) is 40.1 Å². The second-order valence-corrected chi connectivity index (χ2v) is 6.90. The highest BCUT2D eigenvalue weighted by atomic mass is 16.5. The summed E-state index contributed by atoms with van der Waals surface area (Å²) in [4.78, 5) is 28.5. The molecule has 0 aliphatic carbocycles. The number of rotatable bonds is 5. The first-order valence-electron chi connectivity index (χ1n) is 9.13. The van der Waals surface area contributed by atoms with Gasteiger partial charge in [-0.15, -0.1) is 0 Å². The van der Waals surface area contributed by atoms with Gasteiger partial charge in [-0.05, 0) is 31.4 Å². The molecule has 2 N–H and O–H groups in total. The van der Waals surface area contributed by atoms with E-state index in [4.69, 9.17) is 10.5 Å². The molecule has 2 aliphatic heterocycles. The zero-order valence-electron chi connectivity index (χ0n) is 14.6. The van der Waals surface area contributed by atoms with E-state index in [9.17, 15) is 9.59 Å². The molecule has 6 nitrogen and oxygen atoms in total. The average molecular weight is 345 g/mol. The Morgan fingerprint density at radius 3 is 2.36 bits per heavy atom. The molecule has 1 aromatic carbocycles. The highest BCUT2D eigenvalue weighted by molar-refractivity contribution is 5.80. The summed E-state index contributed by atoms with van der Waals surface area (Å²) in [6, 6.07) is 9.63. The molecule has 0 spiro atoms. The molecule has 2 amide bonds. The van der Waals surface area contributed by atoms with E-state index >= 15 is 0 Å². The predicted octanol–water partition coefficient (Wildman–Crippen LogP) is 1.25. The molecule has 136 valence electrons. The van der Waals surface area contributed by atoms with E-state index < -0.39 is 0 Å². The molecule has 2 aliphatic rings. The van der Waals surface area contributed by atoms with Crippen LogP contribution in [-0.4, -0.2) is 60.4 Å². The summed E-state index contributed by atoms with van der Waals surface area (Å²) in [5.41, 5.74) is 5.88. The lowest BCUT2D eigenvalue weighted by Crippen LogP contribution is -2.44. The first-order chi connectivity index (χ1) is 12.1. The smallest absolute Gasteiger partial charge is 0.225 e. The van der Waals surface area contributed by atoms with Gasteiger partial charge in [0.15, 0.2) is 0 Å². The van der Waals surface area contributed by atoms with Crippen molar-refractivity contribution in [3.8, 4) is 5.75 Å². The van der Waals surface area contributed by atoms with Gasteiger partial charge in [-0.2, -0.15) is 0 Å². The maximum Gasteiger partial charge on any atom is 0.225 e. The fourth-order valence-electron chi connectivity index (χ4n) is 3.55. The van der Waals surface area contributed by atoms with Crippen molar-refractivity contribution in [2.45, 2.75) is 31.7 Å². The van der Waals surface area contributed by atoms with Gasteiger partial charge in [-0.3, -0.25) is 9.59 Å². The van der Waals surface area contributed by atoms with Gasteiger partial charge in [0.25, 0.3) is 0 Å². The molecule has 0 bridgehead atoms. The second kappa shape index (κ2) is 8.34. The Balaban J connectivity index is 1.38. The molecular formula is C19H27N3O3. The number of amides is 2. The van der Waals surface area contributed by atoms with Crippen LogP contribution >= 0.6 is 0 Å². The van der Waals surface area contributed by atoms with E-state index in [0.717, 1.165) is 31.6 Å². The number of benzene rings is 1. The molecule has 0 saturated carbocycles. The fraction of sp³-hybridized carbons (Fsp3) is 0.579. The normalized spacial score (nSPS) is 21.4. The molecule has 0 aromatic heterocycles. The number of nitrogens with two attached hydrogens (primary N) is 1. The quantitative estimate of drug-likeness (QED) is 0.871. The number of carbonyl (C=O) groups is 2. The van der Waals surface area contributed by atoms with Gasteiger partial charge in [-0.25, -0.2) is 0 Å². The zero-order chi connectivity index (χ0) is 17.6. The van der Waals surface area contributed by atoms with Crippen LogP contribution in [0.25, 0.3) is 0 Å². The SMILES string of the molecule is N[C@@H]1CCN(C(=O)C2CCN(C(=O)CCOc3ccccc3)CC2)C1. The van der Waals surface area contributed by atoms with Crippen LogP contribution in [0, 0.1) is 5.92 Å². The molecule has 2 saturated heterocycles. The minimum atomic E-state index is 0.0370. The summed E-state index contributed by atoms with van der Waals surface area (Å²) in [5, 5.41) is 0. The number of carbonyl (C=O) groups excluding carboxylic acids is 2. The number of nitrogens with zero attached hydrogens (tertiary/aromatic N) is 2. The Hall–Kier alpha value is -2.08. The van der Waals surface area contributed by atoms with E-state index in [1.54, 1.807) is 0 Å². The molecule has 1 aromatic rings. The third kappa shape index (κ3) is 4.72. The highest BCUT2D eigenvalue weighted by Crippen LogP contribution is 2.22. The van der Waals surface area contributed by atoms with Crippen LogP contribution in [-0.2, 0) is 9.59 Å². The fourth-order valence-corrected chi connectivity index (χ4v) is 3.55. The van der Waals surface area contributed by atoms with E-state index in [-0.39, 0.29) is 23.8 Å². The van der Waals surface area contributed by atoms with Crippen molar-refractivity contribution in [2.24, 2.45) is 11.7 Å². The summed E-state index contributed by atoms with van der Waals surface area (Å²) >= 11 is 0. The summed E-state index contributed by atoms with van der Waals surface area (Å²) in [6.45, 7) is 3.14. The standard InChI is InChI=1S/C19H27N3O3/c20-16-8-12-22(14-16)19(24)15-6-10-21(11-7-15)18(23)9-13-25-17-4-2-1-3-5-17/h1-5,15-16H,6-14,20H2/t16-/m1/s1. The second-order valence-electron chi connectivity index (χ2n) is 6.90. The van der Waals surface area contributed by atoms with E-state index in [2.05, 4.69) is 0 Å². The minimum absolute atomic E-state index is 0.0370. The van der Waals surface area contributed by atoms with Crippen molar-refractivity contribution in [3.63, 3.8) is 0 Å². The third-order valence-electron chi connectivity index (χ3n) is 5.06. The van der Waals surface area contributed by atoms with E-state index in [1.165, 1.54) is 0 Å². The van der Waals surface area contributed by atoms with Gasteiger partial charge in [0.05, 0.1) is 13.0 Å². The number of piperidine rings is 1. The lowest BCUT2D eigenvalue weighted by atomic mass is 9.95. The first-order valence-corrected chi connectivity index (χ1v) is 9.13. The number of hydrogen-bond donors (Lipinski definition) is 1. The highest BCUT2D eigenvalue weighted by Gasteiger charge is 2.32.